The lowest BCUT2D eigenvalue weighted by Gasteiger charge is -2.06. The molecular formula is C19H18N4O3. The SMILES string of the molecule is COC(=O)c1ccc(NC(=O)c2nnn(-c3ccc(C)cc3)c2C)cc1. The number of carbonyl (C=O) groups is 2. The molecule has 0 saturated heterocycles. The third-order valence-electron chi connectivity index (χ3n) is 3.95. The Morgan fingerprint density at radius 1 is 1.00 bits per heavy atom. The molecule has 26 heavy (non-hydrogen) atoms. The van der Waals surface area contributed by atoms with E-state index in [-0.39, 0.29) is 11.6 Å². The van der Waals surface area contributed by atoms with Crippen LogP contribution in [-0.2, 0) is 4.74 Å². The average Bonchev–Trinajstić information content (AvgIpc) is 3.04. The van der Waals surface area contributed by atoms with Gasteiger partial charge >= 0.3 is 5.97 Å². The zero-order chi connectivity index (χ0) is 18.7. The van der Waals surface area contributed by atoms with E-state index in [4.69, 9.17) is 0 Å². The fraction of sp³-hybridized carbons (Fsp3) is 0.158. The van der Waals surface area contributed by atoms with Gasteiger partial charge in [-0.15, -0.1) is 5.10 Å². The second-order valence-electron chi connectivity index (χ2n) is 5.79. The highest BCUT2D eigenvalue weighted by Gasteiger charge is 2.17. The number of methoxy groups -OCH3 is 1. The Kier molecular flexibility index (Phi) is 4.79. The van der Waals surface area contributed by atoms with Gasteiger partial charge in [-0.05, 0) is 50.2 Å². The molecular weight excluding hydrogens is 332 g/mol. The number of hydrogen-bond acceptors (Lipinski definition) is 5. The summed E-state index contributed by atoms with van der Waals surface area (Å²) >= 11 is 0. The van der Waals surface area contributed by atoms with Gasteiger partial charge < -0.3 is 10.1 Å². The normalized spacial score (nSPS) is 10.4. The van der Waals surface area contributed by atoms with Crippen LogP contribution in [0.1, 0.15) is 32.1 Å². The summed E-state index contributed by atoms with van der Waals surface area (Å²) in [4.78, 5) is 23.9. The molecule has 132 valence electrons. The van der Waals surface area contributed by atoms with Crippen LogP contribution in [0.5, 0.6) is 0 Å². The lowest BCUT2D eigenvalue weighted by atomic mass is 10.2. The van der Waals surface area contributed by atoms with Gasteiger partial charge in [-0.2, -0.15) is 0 Å². The molecule has 0 saturated carbocycles. The number of benzene rings is 2. The third-order valence-corrected chi connectivity index (χ3v) is 3.95. The minimum Gasteiger partial charge on any atom is -0.465 e. The monoisotopic (exact) mass is 350 g/mol. The topological polar surface area (TPSA) is 86.1 Å². The number of amides is 1. The van der Waals surface area contributed by atoms with Crippen molar-refractivity contribution in [2.45, 2.75) is 13.8 Å². The first-order valence-corrected chi connectivity index (χ1v) is 7.98. The highest BCUT2D eigenvalue weighted by molar-refractivity contribution is 6.03. The van der Waals surface area contributed by atoms with Crippen molar-refractivity contribution in [3.63, 3.8) is 0 Å². The Hall–Kier alpha value is -3.48. The molecule has 0 fully saturated rings. The molecule has 0 aliphatic rings. The van der Waals surface area contributed by atoms with Crippen molar-refractivity contribution in [1.82, 2.24) is 15.0 Å². The number of nitrogens with one attached hydrogen (secondary N) is 1. The standard InChI is InChI=1S/C19H18N4O3/c1-12-4-10-16(11-5-12)23-13(2)17(21-22-23)18(24)20-15-8-6-14(7-9-15)19(25)26-3/h4-11H,1-3H3,(H,20,24). The van der Waals surface area contributed by atoms with Crippen molar-refractivity contribution in [3.8, 4) is 5.69 Å². The molecule has 7 nitrogen and oxygen atoms in total. The lowest BCUT2D eigenvalue weighted by molar-refractivity contribution is 0.0600. The summed E-state index contributed by atoms with van der Waals surface area (Å²) in [7, 11) is 1.32. The molecule has 1 amide bonds. The van der Waals surface area contributed by atoms with E-state index in [1.54, 1.807) is 35.9 Å². The lowest BCUT2D eigenvalue weighted by Crippen LogP contribution is -2.14. The van der Waals surface area contributed by atoms with E-state index in [0.717, 1.165) is 11.3 Å². The van der Waals surface area contributed by atoms with Gasteiger partial charge in [0.1, 0.15) is 0 Å². The molecule has 0 atom stereocenters. The molecule has 0 bridgehead atoms. The molecule has 0 spiro atoms. The average molecular weight is 350 g/mol. The highest BCUT2D eigenvalue weighted by Crippen LogP contribution is 2.16. The zero-order valence-electron chi connectivity index (χ0n) is 14.7. The number of nitrogens with zero attached hydrogens (tertiary/aromatic N) is 3. The van der Waals surface area contributed by atoms with Crippen LogP contribution in [0.3, 0.4) is 0 Å². The first-order chi connectivity index (χ1) is 12.5. The smallest absolute Gasteiger partial charge is 0.337 e. The predicted octanol–water partition coefficient (Wildman–Crippen LogP) is 2.92. The van der Waals surface area contributed by atoms with Gasteiger partial charge in [0.2, 0.25) is 0 Å². The molecule has 2 aromatic carbocycles. The van der Waals surface area contributed by atoms with Crippen LogP contribution in [0.4, 0.5) is 5.69 Å². The van der Waals surface area contributed by atoms with Gasteiger partial charge in [-0.3, -0.25) is 4.79 Å². The van der Waals surface area contributed by atoms with Gasteiger partial charge in [0.05, 0.1) is 24.1 Å². The Bertz CT molecular complexity index is 944. The van der Waals surface area contributed by atoms with E-state index in [9.17, 15) is 9.59 Å². The van der Waals surface area contributed by atoms with Crippen LogP contribution in [0.2, 0.25) is 0 Å². The van der Waals surface area contributed by atoms with E-state index in [2.05, 4.69) is 20.4 Å². The number of ether oxygens (including phenoxy) is 1. The Balaban J connectivity index is 1.78. The van der Waals surface area contributed by atoms with Gasteiger partial charge in [0.25, 0.3) is 5.91 Å². The summed E-state index contributed by atoms with van der Waals surface area (Å²) in [5.74, 6) is -0.800. The molecule has 1 aromatic heterocycles. The van der Waals surface area contributed by atoms with Gasteiger partial charge in [0, 0.05) is 5.69 Å². The fourth-order valence-corrected chi connectivity index (χ4v) is 2.47. The van der Waals surface area contributed by atoms with Crippen molar-refractivity contribution >= 4 is 17.6 Å². The number of aryl methyl sites for hydroxylation is 1. The van der Waals surface area contributed by atoms with Crippen LogP contribution in [0, 0.1) is 13.8 Å². The van der Waals surface area contributed by atoms with Crippen molar-refractivity contribution in [2.75, 3.05) is 12.4 Å². The van der Waals surface area contributed by atoms with E-state index in [0.29, 0.717) is 16.9 Å². The van der Waals surface area contributed by atoms with Crippen LogP contribution in [-0.4, -0.2) is 34.0 Å². The predicted molar refractivity (Wildman–Crippen MR) is 96.6 cm³/mol. The van der Waals surface area contributed by atoms with Gasteiger partial charge in [-0.25, -0.2) is 9.48 Å². The van der Waals surface area contributed by atoms with Crippen LogP contribution in [0.25, 0.3) is 5.69 Å². The Labute approximate surface area is 150 Å². The quantitative estimate of drug-likeness (QED) is 0.731. The largest absolute Gasteiger partial charge is 0.465 e. The van der Waals surface area contributed by atoms with E-state index in [1.807, 2.05) is 31.2 Å². The fourth-order valence-electron chi connectivity index (χ4n) is 2.47. The summed E-state index contributed by atoms with van der Waals surface area (Å²) < 4.78 is 6.27. The molecule has 7 heteroatoms. The third kappa shape index (κ3) is 3.46. The number of carbonyl (C=O) groups excluding carboxylic acids is 2. The number of rotatable bonds is 4. The molecule has 3 aromatic rings. The van der Waals surface area contributed by atoms with Crippen molar-refractivity contribution < 1.29 is 14.3 Å². The van der Waals surface area contributed by atoms with E-state index >= 15 is 0 Å². The van der Waals surface area contributed by atoms with Crippen LogP contribution >= 0.6 is 0 Å². The molecule has 1 N–H and O–H groups in total. The summed E-state index contributed by atoms with van der Waals surface area (Å²) in [5, 5.41) is 10.8. The van der Waals surface area contributed by atoms with Crippen molar-refractivity contribution in [1.29, 1.82) is 0 Å². The summed E-state index contributed by atoms with van der Waals surface area (Å²) in [6.45, 7) is 3.79. The molecule has 0 aliphatic heterocycles. The number of anilines is 1. The maximum absolute atomic E-state index is 12.5. The zero-order valence-corrected chi connectivity index (χ0v) is 14.7. The van der Waals surface area contributed by atoms with Gasteiger partial charge in [0.15, 0.2) is 5.69 Å². The van der Waals surface area contributed by atoms with E-state index < -0.39 is 5.97 Å². The van der Waals surface area contributed by atoms with E-state index in [1.165, 1.54) is 7.11 Å². The summed E-state index contributed by atoms with van der Waals surface area (Å²) in [6.07, 6.45) is 0. The Morgan fingerprint density at radius 2 is 1.65 bits per heavy atom. The minimum absolute atomic E-state index is 0.239. The number of hydrogen-bond donors (Lipinski definition) is 1. The highest BCUT2D eigenvalue weighted by atomic mass is 16.5. The van der Waals surface area contributed by atoms with Crippen LogP contribution < -0.4 is 5.32 Å². The number of aromatic nitrogens is 3. The molecule has 0 aliphatic carbocycles. The molecule has 0 radical (unpaired) electrons. The molecule has 1 heterocycles. The number of esters is 1. The first kappa shape index (κ1) is 17.3. The van der Waals surface area contributed by atoms with Crippen molar-refractivity contribution in [2.24, 2.45) is 0 Å². The second kappa shape index (κ2) is 7.18. The summed E-state index contributed by atoms with van der Waals surface area (Å²) in [6, 6.07) is 14.2. The second-order valence-corrected chi connectivity index (χ2v) is 5.79. The summed E-state index contributed by atoms with van der Waals surface area (Å²) in [5.41, 5.74) is 3.81. The molecule has 3 rings (SSSR count). The first-order valence-electron chi connectivity index (χ1n) is 7.98. The van der Waals surface area contributed by atoms with Crippen molar-refractivity contribution in [3.05, 3.63) is 71.0 Å². The Morgan fingerprint density at radius 3 is 2.27 bits per heavy atom. The maximum atomic E-state index is 12.5. The molecule has 0 unspecified atom stereocenters. The minimum atomic E-state index is -0.431. The van der Waals surface area contributed by atoms with Gasteiger partial charge in [-0.1, -0.05) is 22.9 Å². The van der Waals surface area contributed by atoms with Crippen LogP contribution in [0.15, 0.2) is 48.5 Å². The maximum Gasteiger partial charge on any atom is 0.337 e.